The highest BCUT2D eigenvalue weighted by Crippen LogP contribution is 2.46. The first-order valence-corrected chi connectivity index (χ1v) is 8.74. The Labute approximate surface area is 157 Å². The summed E-state index contributed by atoms with van der Waals surface area (Å²) in [7, 11) is 1.64. The predicted molar refractivity (Wildman–Crippen MR) is 89.4 cm³/mol. The van der Waals surface area contributed by atoms with Crippen molar-refractivity contribution in [3.63, 3.8) is 0 Å². The van der Waals surface area contributed by atoms with Gasteiger partial charge >= 0.3 is 6.18 Å². The molecule has 2 heterocycles. The quantitative estimate of drug-likeness (QED) is 0.740. The topological polar surface area (TPSA) is 64.7 Å². The van der Waals surface area contributed by atoms with Crippen LogP contribution < -0.4 is 5.32 Å². The fraction of sp³-hybridized carbons (Fsp3) is 0.533. The van der Waals surface area contributed by atoms with Crippen molar-refractivity contribution in [3.05, 3.63) is 33.3 Å². The van der Waals surface area contributed by atoms with Gasteiger partial charge in [-0.2, -0.15) is 23.4 Å². The summed E-state index contributed by atoms with van der Waals surface area (Å²) in [6.45, 7) is 0.465. The highest BCUT2D eigenvalue weighted by Gasteiger charge is 2.41. The molecule has 2 aromatic heterocycles. The number of aryl methyl sites for hydroxylation is 2. The normalized spacial score (nSPS) is 14.7. The Kier molecular flexibility index (Phi) is 5.21. The number of hydrogen-bond acceptors (Lipinski definition) is 3. The second-order valence-corrected chi connectivity index (χ2v) is 6.94. The molecule has 1 N–H and O–H groups in total. The second-order valence-electron chi connectivity index (χ2n) is 6.15. The summed E-state index contributed by atoms with van der Waals surface area (Å²) in [5.41, 5.74) is -0.516. The average Bonchev–Trinajstić information content (AvgIpc) is 3.23. The summed E-state index contributed by atoms with van der Waals surface area (Å²) in [6, 6.07) is 0. The van der Waals surface area contributed by atoms with Crippen LogP contribution in [-0.2, 0) is 19.8 Å². The van der Waals surface area contributed by atoms with E-state index in [1.165, 1.54) is 15.6 Å². The zero-order chi connectivity index (χ0) is 19.1. The van der Waals surface area contributed by atoms with Gasteiger partial charge in [-0.1, -0.05) is 23.2 Å². The highest BCUT2D eigenvalue weighted by molar-refractivity contribution is 6.33. The first-order chi connectivity index (χ1) is 12.2. The van der Waals surface area contributed by atoms with Crippen molar-refractivity contribution >= 4 is 29.1 Å². The van der Waals surface area contributed by atoms with Gasteiger partial charge in [0, 0.05) is 32.3 Å². The summed E-state index contributed by atoms with van der Waals surface area (Å²) in [4.78, 5) is 12.0. The first kappa shape index (κ1) is 19.0. The van der Waals surface area contributed by atoms with Crippen LogP contribution in [0, 0.1) is 0 Å². The van der Waals surface area contributed by atoms with E-state index in [-0.39, 0.29) is 34.7 Å². The average molecular weight is 410 g/mol. The monoisotopic (exact) mass is 409 g/mol. The molecule has 1 saturated carbocycles. The number of alkyl halides is 3. The number of aromatic nitrogens is 4. The van der Waals surface area contributed by atoms with Gasteiger partial charge in [0.25, 0.3) is 5.91 Å². The van der Waals surface area contributed by atoms with Crippen LogP contribution in [0.2, 0.25) is 10.0 Å². The van der Waals surface area contributed by atoms with Crippen molar-refractivity contribution in [2.24, 2.45) is 7.05 Å². The van der Waals surface area contributed by atoms with Crippen LogP contribution in [0.1, 0.15) is 47.1 Å². The van der Waals surface area contributed by atoms with E-state index in [2.05, 4.69) is 15.5 Å². The minimum absolute atomic E-state index is 0.0213. The molecule has 26 heavy (non-hydrogen) atoms. The number of nitrogens with zero attached hydrogens (tertiary/aromatic N) is 4. The smallest absolute Gasteiger partial charge is 0.351 e. The molecule has 0 aliphatic heterocycles. The van der Waals surface area contributed by atoms with Crippen molar-refractivity contribution < 1.29 is 18.0 Å². The number of rotatable bonds is 6. The maximum absolute atomic E-state index is 13.0. The summed E-state index contributed by atoms with van der Waals surface area (Å²) < 4.78 is 41.8. The number of halogens is 5. The molecule has 0 bridgehead atoms. The third-order valence-electron chi connectivity index (χ3n) is 4.00. The third-order valence-corrected chi connectivity index (χ3v) is 4.64. The number of carbonyl (C=O) groups excluding carboxylic acids is 1. The maximum atomic E-state index is 13.0. The molecule has 1 aliphatic carbocycles. The van der Waals surface area contributed by atoms with Gasteiger partial charge in [0.2, 0.25) is 0 Å². The Balaban J connectivity index is 1.61. The molecular weight excluding hydrogens is 394 g/mol. The lowest BCUT2D eigenvalue weighted by molar-refractivity contribution is -0.141. The van der Waals surface area contributed by atoms with Crippen molar-refractivity contribution in [3.8, 4) is 0 Å². The lowest BCUT2D eigenvalue weighted by Crippen LogP contribution is -2.26. The van der Waals surface area contributed by atoms with Gasteiger partial charge in [-0.3, -0.25) is 14.2 Å². The van der Waals surface area contributed by atoms with Crippen molar-refractivity contribution in [1.29, 1.82) is 0 Å². The second kappa shape index (κ2) is 7.11. The molecule has 0 spiro atoms. The third kappa shape index (κ3) is 3.98. The predicted octanol–water partition coefficient (Wildman–Crippen LogP) is 3.64. The summed E-state index contributed by atoms with van der Waals surface area (Å²) in [5, 5.41) is 10.2. The summed E-state index contributed by atoms with van der Waals surface area (Å²) in [5.74, 6) is -0.416. The molecule has 6 nitrogen and oxygen atoms in total. The zero-order valence-electron chi connectivity index (χ0n) is 13.8. The fourth-order valence-electron chi connectivity index (χ4n) is 2.68. The molecule has 0 aromatic carbocycles. The van der Waals surface area contributed by atoms with Crippen molar-refractivity contribution in [1.82, 2.24) is 24.9 Å². The Morgan fingerprint density at radius 2 is 2.04 bits per heavy atom. The van der Waals surface area contributed by atoms with Crippen LogP contribution in [0.3, 0.4) is 0 Å². The van der Waals surface area contributed by atoms with E-state index >= 15 is 0 Å². The molecule has 0 unspecified atom stereocenters. The highest BCUT2D eigenvalue weighted by atomic mass is 35.5. The molecule has 3 rings (SSSR count). The molecule has 11 heteroatoms. The van der Waals surface area contributed by atoms with E-state index in [1.807, 2.05) is 0 Å². The minimum atomic E-state index is -4.59. The fourth-order valence-corrected chi connectivity index (χ4v) is 3.34. The number of amides is 1. The lowest BCUT2D eigenvalue weighted by Gasteiger charge is -2.08. The SMILES string of the molecule is Cn1cc(Cl)c(C(=O)NCCCn2nc(C(F)(F)F)c(Cl)c2C2CC2)n1. The molecule has 0 atom stereocenters. The van der Waals surface area contributed by atoms with Gasteiger partial charge in [0.05, 0.1) is 15.7 Å². The van der Waals surface area contributed by atoms with Crippen LogP contribution in [0.4, 0.5) is 13.2 Å². The van der Waals surface area contributed by atoms with E-state index in [0.29, 0.717) is 12.1 Å². The zero-order valence-corrected chi connectivity index (χ0v) is 15.3. The first-order valence-electron chi connectivity index (χ1n) is 7.99. The Morgan fingerprint density at radius 3 is 2.58 bits per heavy atom. The van der Waals surface area contributed by atoms with Gasteiger partial charge in [-0.25, -0.2) is 0 Å². The summed E-state index contributed by atoms with van der Waals surface area (Å²) in [6.07, 6.45) is -1.08. The lowest BCUT2D eigenvalue weighted by atomic mass is 10.2. The molecule has 1 fully saturated rings. The van der Waals surface area contributed by atoms with Crippen molar-refractivity contribution in [2.45, 2.75) is 37.9 Å². The molecule has 2 aromatic rings. The van der Waals surface area contributed by atoms with E-state index in [0.717, 1.165) is 12.8 Å². The van der Waals surface area contributed by atoms with E-state index in [9.17, 15) is 18.0 Å². The largest absolute Gasteiger partial charge is 0.436 e. The molecule has 0 saturated heterocycles. The molecule has 0 radical (unpaired) electrons. The number of nitrogens with one attached hydrogen (secondary N) is 1. The van der Waals surface area contributed by atoms with Gasteiger partial charge in [0.1, 0.15) is 0 Å². The van der Waals surface area contributed by atoms with Crippen LogP contribution in [-0.4, -0.2) is 32.0 Å². The van der Waals surface area contributed by atoms with Gasteiger partial charge in [-0.05, 0) is 19.3 Å². The standard InChI is InChI=1S/C15H16Cl2F3N5O/c1-24-7-9(16)11(22-24)14(26)21-5-2-6-25-12(8-3-4-8)10(17)13(23-25)15(18,19)20/h7-8H,2-6H2,1H3,(H,21,26). The molecule has 142 valence electrons. The number of carbonyl (C=O) groups is 1. The Bertz CT molecular complexity index is 826. The van der Waals surface area contributed by atoms with E-state index in [1.54, 1.807) is 7.05 Å². The van der Waals surface area contributed by atoms with Crippen LogP contribution in [0.25, 0.3) is 0 Å². The molecule has 1 aliphatic rings. The Morgan fingerprint density at radius 1 is 1.35 bits per heavy atom. The minimum Gasteiger partial charge on any atom is -0.351 e. The van der Waals surface area contributed by atoms with Crippen LogP contribution in [0.5, 0.6) is 0 Å². The Hall–Kier alpha value is -1.74. The van der Waals surface area contributed by atoms with E-state index in [4.69, 9.17) is 23.2 Å². The van der Waals surface area contributed by atoms with Gasteiger partial charge < -0.3 is 5.32 Å². The number of hydrogen-bond donors (Lipinski definition) is 1. The summed E-state index contributed by atoms with van der Waals surface area (Å²) >= 11 is 11.8. The van der Waals surface area contributed by atoms with E-state index < -0.39 is 17.8 Å². The van der Waals surface area contributed by atoms with Gasteiger partial charge in [0.15, 0.2) is 11.4 Å². The van der Waals surface area contributed by atoms with Crippen LogP contribution in [0.15, 0.2) is 6.20 Å². The van der Waals surface area contributed by atoms with Gasteiger partial charge in [-0.15, -0.1) is 0 Å². The van der Waals surface area contributed by atoms with Crippen LogP contribution >= 0.6 is 23.2 Å². The molecular formula is C15H16Cl2F3N5O. The van der Waals surface area contributed by atoms with Crippen molar-refractivity contribution in [2.75, 3.05) is 6.54 Å². The molecule has 1 amide bonds. The maximum Gasteiger partial charge on any atom is 0.436 e.